The van der Waals surface area contributed by atoms with Gasteiger partial charge in [-0.2, -0.15) is 0 Å². The lowest BCUT2D eigenvalue weighted by Crippen LogP contribution is -2.33. The monoisotopic (exact) mass is 289 g/mol. The number of aryl methyl sites for hydroxylation is 1. The van der Waals surface area contributed by atoms with Crippen LogP contribution in [-0.2, 0) is 0 Å². The van der Waals surface area contributed by atoms with Gasteiger partial charge in [-0.25, -0.2) is 4.98 Å². The number of aromatic nitrogens is 1. The van der Waals surface area contributed by atoms with E-state index in [4.69, 9.17) is 5.73 Å². The summed E-state index contributed by atoms with van der Waals surface area (Å²) in [6.45, 7) is 7.69. The van der Waals surface area contributed by atoms with Crippen LogP contribution in [0.2, 0.25) is 0 Å². The summed E-state index contributed by atoms with van der Waals surface area (Å²) in [5, 5.41) is 3.75. The SMILES string of the molecule is CCCNC(c1cc(C)cnc1N)C1CCCC(CC)C1. The second kappa shape index (κ2) is 7.79. The van der Waals surface area contributed by atoms with Gasteiger partial charge in [-0.1, -0.05) is 33.1 Å². The fraction of sp³-hybridized carbons (Fsp3) is 0.722. The first-order valence-corrected chi connectivity index (χ1v) is 8.61. The van der Waals surface area contributed by atoms with Crippen LogP contribution in [0.5, 0.6) is 0 Å². The van der Waals surface area contributed by atoms with E-state index >= 15 is 0 Å². The van der Waals surface area contributed by atoms with E-state index < -0.39 is 0 Å². The fourth-order valence-corrected chi connectivity index (χ4v) is 3.69. The molecule has 1 aromatic heterocycles. The van der Waals surface area contributed by atoms with E-state index in [9.17, 15) is 0 Å². The molecule has 21 heavy (non-hydrogen) atoms. The van der Waals surface area contributed by atoms with E-state index in [2.05, 4.69) is 37.1 Å². The van der Waals surface area contributed by atoms with E-state index in [-0.39, 0.29) is 0 Å². The number of pyridine rings is 1. The molecule has 0 amide bonds. The summed E-state index contributed by atoms with van der Waals surface area (Å²) in [5.74, 6) is 2.28. The molecule has 1 heterocycles. The Morgan fingerprint density at radius 3 is 2.90 bits per heavy atom. The van der Waals surface area contributed by atoms with Gasteiger partial charge in [0.15, 0.2) is 0 Å². The second-order valence-electron chi connectivity index (χ2n) is 6.62. The number of nitrogen functional groups attached to an aromatic ring is 1. The van der Waals surface area contributed by atoms with Crippen LogP contribution in [-0.4, -0.2) is 11.5 Å². The zero-order valence-corrected chi connectivity index (χ0v) is 13.9. The highest BCUT2D eigenvalue weighted by Gasteiger charge is 2.29. The van der Waals surface area contributed by atoms with Crippen molar-refractivity contribution >= 4 is 5.82 Å². The molecule has 0 radical (unpaired) electrons. The van der Waals surface area contributed by atoms with Crippen molar-refractivity contribution in [3.05, 3.63) is 23.4 Å². The highest BCUT2D eigenvalue weighted by molar-refractivity contribution is 5.43. The van der Waals surface area contributed by atoms with Crippen molar-refractivity contribution in [2.75, 3.05) is 12.3 Å². The average Bonchev–Trinajstić information content (AvgIpc) is 2.51. The van der Waals surface area contributed by atoms with Crippen molar-refractivity contribution in [2.45, 2.75) is 65.3 Å². The summed E-state index contributed by atoms with van der Waals surface area (Å²) in [4.78, 5) is 4.38. The number of nitrogens with zero attached hydrogens (tertiary/aromatic N) is 1. The minimum absolute atomic E-state index is 0.367. The van der Waals surface area contributed by atoms with Gasteiger partial charge in [-0.05, 0) is 56.2 Å². The van der Waals surface area contributed by atoms with Crippen molar-refractivity contribution in [1.82, 2.24) is 10.3 Å². The zero-order valence-electron chi connectivity index (χ0n) is 13.9. The quantitative estimate of drug-likeness (QED) is 0.824. The van der Waals surface area contributed by atoms with Gasteiger partial charge in [0.25, 0.3) is 0 Å². The van der Waals surface area contributed by atoms with Crippen LogP contribution in [0, 0.1) is 18.8 Å². The summed E-state index contributed by atoms with van der Waals surface area (Å²) in [5.41, 5.74) is 8.60. The highest BCUT2D eigenvalue weighted by Crippen LogP contribution is 2.39. The van der Waals surface area contributed by atoms with Gasteiger partial charge in [0.2, 0.25) is 0 Å². The summed E-state index contributed by atoms with van der Waals surface area (Å²) < 4.78 is 0. The van der Waals surface area contributed by atoms with Crippen LogP contribution < -0.4 is 11.1 Å². The number of hydrogen-bond donors (Lipinski definition) is 2. The molecule has 1 aliphatic rings. The first kappa shape index (κ1) is 16.3. The number of anilines is 1. The van der Waals surface area contributed by atoms with Crippen molar-refractivity contribution < 1.29 is 0 Å². The molecule has 3 N–H and O–H groups in total. The van der Waals surface area contributed by atoms with E-state index in [0.29, 0.717) is 17.8 Å². The van der Waals surface area contributed by atoms with Crippen LogP contribution in [0.4, 0.5) is 5.82 Å². The largest absolute Gasteiger partial charge is 0.383 e. The Bertz CT molecular complexity index is 444. The summed E-state index contributed by atoms with van der Waals surface area (Å²) in [6, 6.07) is 2.59. The van der Waals surface area contributed by atoms with Gasteiger partial charge in [-0.15, -0.1) is 0 Å². The molecule has 2 rings (SSSR count). The van der Waals surface area contributed by atoms with Gasteiger partial charge in [0, 0.05) is 17.8 Å². The minimum atomic E-state index is 0.367. The van der Waals surface area contributed by atoms with Crippen LogP contribution >= 0.6 is 0 Å². The minimum Gasteiger partial charge on any atom is -0.383 e. The van der Waals surface area contributed by atoms with Crippen molar-refractivity contribution in [3.8, 4) is 0 Å². The maximum Gasteiger partial charge on any atom is 0.128 e. The Kier molecular flexibility index (Phi) is 6.04. The van der Waals surface area contributed by atoms with Crippen molar-refractivity contribution in [1.29, 1.82) is 0 Å². The van der Waals surface area contributed by atoms with E-state index in [0.717, 1.165) is 18.9 Å². The number of nitrogens with one attached hydrogen (secondary N) is 1. The van der Waals surface area contributed by atoms with Crippen LogP contribution in [0.1, 0.15) is 69.5 Å². The number of rotatable bonds is 6. The van der Waals surface area contributed by atoms with Crippen LogP contribution in [0.3, 0.4) is 0 Å². The van der Waals surface area contributed by atoms with Gasteiger partial charge in [0.1, 0.15) is 5.82 Å². The van der Waals surface area contributed by atoms with Gasteiger partial charge >= 0.3 is 0 Å². The third-order valence-corrected chi connectivity index (χ3v) is 4.91. The Hall–Kier alpha value is -1.09. The lowest BCUT2D eigenvalue weighted by Gasteiger charge is -2.35. The average molecular weight is 289 g/mol. The van der Waals surface area contributed by atoms with E-state index in [1.165, 1.54) is 43.2 Å². The lowest BCUT2D eigenvalue weighted by molar-refractivity contribution is 0.209. The maximum atomic E-state index is 6.18. The van der Waals surface area contributed by atoms with E-state index in [1.807, 2.05) is 6.20 Å². The molecule has 0 bridgehead atoms. The summed E-state index contributed by atoms with van der Waals surface area (Å²) in [7, 11) is 0. The summed E-state index contributed by atoms with van der Waals surface area (Å²) >= 11 is 0. The lowest BCUT2D eigenvalue weighted by atomic mass is 9.75. The van der Waals surface area contributed by atoms with Gasteiger partial charge < -0.3 is 11.1 Å². The normalized spacial score (nSPS) is 24.0. The number of nitrogens with two attached hydrogens (primary N) is 1. The first-order valence-electron chi connectivity index (χ1n) is 8.61. The molecule has 3 atom stereocenters. The summed E-state index contributed by atoms with van der Waals surface area (Å²) in [6.07, 6.45) is 9.71. The van der Waals surface area contributed by atoms with Crippen molar-refractivity contribution in [3.63, 3.8) is 0 Å². The first-order chi connectivity index (χ1) is 10.2. The molecule has 0 spiro atoms. The molecular weight excluding hydrogens is 258 g/mol. The molecule has 3 heteroatoms. The Labute approximate surface area is 129 Å². The topological polar surface area (TPSA) is 50.9 Å². The standard InChI is InChI=1S/C18H31N3/c1-4-9-20-17(15-8-6-7-14(5-2)11-15)16-10-13(3)12-21-18(16)19/h10,12,14-15,17,20H,4-9,11H2,1-3H3,(H2,19,21). The van der Waals surface area contributed by atoms with Crippen LogP contribution in [0.15, 0.2) is 12.3 Å². The maximum absolute atomic E-state index is 6.18. The Morgan fingerprint density at radius 1 is 1.38 bits per heavy atom. The molecular formula is C18H31N3. The predicted octanol–water partition coefficient (Wildman–Crippen LogP) is 4.23. The molecule has 0 aromatic carbocycles. The second-order valence-corrected chi connectivity index (χ2v) is 6.62. The Balaban J connectivity index is 2.22. The van der Waals surface area contributed by atoms with Gasteiger partial charge in [-0.3, -0.25) is 0 Å². The van der Waals surface area contributed by atoms with Crippen molar-refractivity contribution in [2.24, 2.45) is 11.8 Å². The van der Waals surface area contributed by atoms with E-state index in [1.54, 1.807) is 0 Å². The third-order valence-electron chi connectivity index (χ3n) is 4.91. The molecule has 0 aliphatic heterocycles. The predicted molar refractivity (Wildman–Crippen MR) is 90.2 cm³/mol. The molecule has 1 aromatic rings. The fourth-order valence-electron chi connectivity index (χ4n) is 3.69. The molecule has 1 saturated carbocycles. The Morgan fingerprint density at radius 2 is 2.19 bits per heavy atom. The molecule has 0 saturated heterocycles. The molecule has 3 unspecified atom stereocenters. The molecule has 118 valence electrons. The van der Waals surface area contributed by atoms with Gasteiger partial charge in [0.05, 0.1) is 0 Å². The molecule has 1 aliphatic carbocycles. The molecule has 3 nitrogen and oxygen atoms in total. The zero-order chi connectivity index (χ0) is 15.2. The molecule has 1 fully saturated rings. The third kappa shape index (κ3) is 4.19. The highest BCUT2D eigenvalue weighted by atomic mass is 14.9. The number of hydrogen-bond acceptors (Lipinski definition) is 3. The smallest absolute Gasteiger partial charge is 0.128 e. The van der Waals surface area contributed by atoms with Crippen LogP contribution in [0.25, 0.3) is 0 Å².